The second-order valence-corrected chi connectivity index (χ2v) is 7.63. The van der Waals surface area contributed by atoms with Crippen molar-refractivity contribution in [2.75, 3.05) is 6.61 Å². The molecule has 114 valence electrons. The number of hydrogen-bond acceptors (Lipinski definition) is 3. The first-order chi connectivity index (χ1) is 10.1. The summed E-state index contributed by atoms with van der Waals surface area (Å²) in [6.45, 7) is 5.71. The molecule has 0 radical (unpaired) electrons. The Kier molecular flexibility index (Phi) is 6.74. The van der Waals surface area contributed by atoms with Gasteiger partial charge in [0.2, 0.25) is 0 Å². The van der Waals surface area contributed by atoms with Gasteiger partial charge in [0.1, 0.15) is 5.75 Å². The molecular weight excluding hydrogens is 414 g/mol. The molecule has 2 nitrogen and oxygen atoms in total. The van der Waals surface area contributed by atoms with E-state index < -0.39 is 0 Å². The van der Waals surface area contributed by atoms with E-state index in [9.17, 15) is 0 Å². The Morgan fingerprint density at radius 2 is 2.00 bits per heavy atom. The van der Waals surface area contributed by atoms with Gasteiger partial charge >= 0.3 is 0 Å². The van der Waals surface area contributed by atoms with Gasteiger partial charge in [-0.3, -0.25) is 0 Å². The van der Waals surface area contributed by atoms with Crippen molar-refractivity contribution in [1.29, 1.82) is 0 Å². The first-order valence-electron chi connectivity index (χ1n) is 6.96. The van der Waals surface area contributed by atoms with Crippen LogP contribution in [0.4, 0.5) is 0 Å². The molecule has 0 bridgehead atoms. The highest BCUT2D eigenvalue weighted by Crippen LogP contribution is 2.34. The van der Waals surface area contributed by atoms with Gasteiger partial charge in [-0.05, 0) is 81.3 Å². The molecule has 5 heteroatoms. The van der Waals surface area contributed by atoms with Crippen LogP contribution in [0.2, 0.25) is 0 Å². The summed E-state index contributed by atoms with van der Waals surface area (Å²) >= 11 is 8.96. The van der Waals surface area contributed by atoms with Gasteiger partial charge in [0.25, 0.3) is 0 Å². The maximum Gasteiger partial charge on any atom is 0.147 e. The number of benzene rings is 1. The maximum atomic E-state index is 5.61. The van der Waals surface area contributed by atoms with Crippen LogP contribution in [-0.2, 0) is 13.0 Å². The van der Waals surface area contributed by atoms with E-state index in [2.05, 4.69) is 73.7 Å². The predicted molar refractivity (Wildman–Crippen MR) is 97.3 cm³/mol. The highest BCUT2D eigenvalue weighted by molar-refractivity contribution is 9.11. The van der Waals surface area contributed by atoms with E-state index in [0.717, 1.165) is 27.7 Å². The lowest BCUT2D eigenvalue weighted by Gasteiger charge is -2.15. The van der Waals surface area contributed by atoms with Crippen molar-refractivity contribution in [3.05, 3.63) is 49.0 Å². The normalized spacial score (nSPS) is 12.4. The minimum atomic E-state index is 0.452. The lowest BCUT2D eigenvalue weighted by atomic mass is 10.1. The van der Waals surface area contributed by atoms with Gasteiger partial charge in [-0.2, -0.15) is 0 Å². The van der Waals surface area contributed by atoms with Crippen molar-refractivity contribution in [2.45, 2.75) is 32.9 Å². The van der Waals surface area contributed by atoms with E-state index in [0.29, 0.717) is 12.6 Å². The van der Waals surface area contributed by atoms with Crippen LogP contribution in [-0.4, -0.2) is 12.6 Å². The number of rotatable bonds is 7. The topological polar surface area (TPSA) is 21.3 Å². The molecule has 0 saturated carbocycles. The highest BCUT2D eigenvalue weighted by atomic mass is 79.9. The number of nitrogens with one attached hydrogen (secondary N) is 1. The third-order valence-electron chi connectivity index (χ3n) is 3.09. The molecule has 0 fully saturated rings. The van der Waals surface area contributed by atoms with Gasteiger partial charge in [-0.1, -0.05) is 6.07 Å². The average molecular weight is 433 g/mol. The third kappa shape index (κ3) is 5.09. The molecule has 2 rings (SSSR count). The Bertz CT molecular complexity index is 549. The average Bonchev–Trinajstić information content (AvgIpc) is 2.93. The molecule has 1 unspecified atom stereocenters. The fourth-order valence-electron chi connectivity index (χ4n) is 2.09. The SMILES string of the molecule is CCOc1c(Br)cc(CNC(C)Cc2cccs2)cc1Br. The second-order valence-electron chi connectivity index (χ2n) is 4.89. The molecule has 0 saturated heterocycles. The minimum absolute atomic E-state index is 0.452. The van der Waals surface area contributed by atoms with Gasteiger partial charge in [-0.25, -0.2) is 0 Å². The van der Waals surface area contributed by atoms with Crippen LogP contribution in [0.5, 0.6) is 5.75 Å². The Balaban J connectivity index is 1.94. The van der Waals surface area contributed by atoms with Gasteiger partial charge in [0.05, 0.1) is 15.6 Å². The van der Waals surface area contributed by atoms with Gasteiger partial charge in [-0.15, -0.1) is 11.3 Å². The fourth-order valence-corrected chi connectivity index (χ4v) is 4.44. The van der Waals surface area contributed by atoms with Crippen molar-refractivity contribution >= 4 is 43.2 Å². The molecule has 1 heterocycles. The van der Waals surface area contributed by atoms with Crippen LogP contribution in [0, 0.1) is 0 Å². The first kappa shape index (κ1) is 17.0. The molecule has 0 aliphatic carbocycles. The largest absolute Gasteiger partial charge is 0.492 e. The lowest BCUT2D eigenvalue weighted by molar-refractivity contribution is 0.336. The molecule has 1 N–H and O–H groups in total. The highest BCUT2D eigenvalue weighted by Gasteiger charge is 2.10. The molecule has 0 aliphatic rings. The smallest absolute Gasteiger partial charge is 0.147 e. The number of thiophene rings is 1. The minimum Gasteiger partial charge on any atom is -0.492 e. The van der Waals surface area contributed by atoms with Gasteiger partial charge < -0.3 is 10.1 Å². The quantitative estimate of drug-likeness (QED) is 0.632. The number of ether oxygens (including phenoxy) is 1. The van der Waals surface area contributed by atoms with Crippen molar-refractivity contribution < 1.29 is 4.74 Å². The van der Waals surface area contributed by atoms with Crippen LogP contribution >= 0.6 is 43.2 Å². The van der Waals surface area contributed by atoms with Crippen LogP contribution in [0.3, 0.4) is 0 Å². The standard InChI is InChI=1S/C16H19Br2NOS/c1-3-20-16-14(17)8-12(9-15(16)18)10-19-11(2)7-13-5-4-6-21-13/h4-6,8-9,11,19H,3,7,10H2,1-2H3. The summed E-state index contributed by atoms with van der Waals surface area (Å²) in [7, 11) is 0. The van der Waals surface area contributed by atoms with Crippen LogP contribution < -0.4 is 10.1 Å². The van der Waals surface area contributed by atoms with Gasteiger partial charge in [0, 0.05) is 17.5 Å². The summed E-state index contributed by atoms with van der Waals surface area (Å²) in [5.41, 5.74) is 1.23. The molecule has 2 aromatic rings. The van der Waals surface area contributed by atoms with Crippen molar-refractivity contribution in [2.24, 2.45) is 0 Å². The maximum absolute atomic E-state index is 5.61. The molecule has 0 aliphatic heterocycles. The Hall–Kier alpha value is -0.360. The third-order valence-corrected chi connectivity index (χ3v) is 5.17. The summed E-state index contributed by atoms with van der Waals surface area (Å²) in [6, 6.07) is 8.97. The number of hydrogen-bond donors (Lipinski definition) is 1. The van der Waals surface area contributed by atoms with E-state index in [1.54, 1.807) is 0 Å². The summed E-state index contributed by atoms with van der Waals surface area (Å²) in [4.78, 5) is 1.42. The first-order valence-corrected chi connectivity index (χ1v) is 9.43. The van der Waals surface area contributed by atoms with Crippen molar-refractivity contribution in [1.82, 2.24) is 5.32 Å². The fraction of sp³-hybridized carbons (Fsp3) is 0.375. The van der Waals surface area contributed by atoms with Crippen LogP contribution in [0.1, 0.15) is 24.3 Å². The molecule has 1 aromatic carbocycles. The predicted octanol–water partition coefficient (Wildman–Crippen LogP) is 5.39. The molecule has 1 atom stereocenters. The molecule has 0 amide bonds. The molecule has 21 heavy (non-hydrogen) atoms. The van der Waals surface area contributed by atoms with E-state index >= 15 is 0 Å². The number of halogens is 2. The molecule has 1 aromatic heterocycles. The summed E-state index contributed by atoms with van der Waals surface area (Å²) < 4.78 is 7.58. The zero-order chi connectivity index (χ0) is 15.2. The summed E-state index contributed by atoms with van der Waals surface area (Å²) in [5.74, 6) is 0.868. The second kappa shape index (κ2) is 8.32. The Morgan fingerprint density at radius 1 is 1.29 bits per heavy atom. The summed E-state index contributed by atoms with van der Waals surface area (Å²) in [5, 5.41) is 5.69. The van der Waals surface area contributed by atoms with Crippen molar-refractivity contribution in [3.63, 3.8) is 0 Å². The summed E-state index contributed by atoms with van der Waals surface area (Å²) in [6.07, 6.45) is 1.07. The van der Waals surface area contributed by atoms with Crippen LogP contribution in [0.15, 0.2) is 38.6 Å². The van der Waals surface area contributed by atoms with E-state index in [-0.39, 0.29) is 0 Å². The van der Waals surface area contributed by atoms with Crippen molar-refractivity contribution in [3.8, 4) is 5.75 Å². The monoisotopic (exact) mass is 431 g/mol. The Morgan fingerprint density at radius 3 is 2.57 bits per heavy atom. The van der Waals surface area contributed by atoms with E-state index in [4.69, 9.17) is 4.74 Å². The zero-order valence-corrected chi connectivity index (χ0v) is 16.1. The van der Waals surface area contributed by atoms with E-state index in [1.807, 2.05) is 18.3 Å². The van der Waals surface area contributed by atoms with Crippen LogP contribution in [0.25, 0.3) is 0 Å². The zero-order valence-electron chi connectivity index (χ0n) is 12.2. The van der Waals surface area contributed by atoms with E-state index in [1.165, 1.54) is 10.4 Å². The lowest BCUT2D eigenvalue weighted by Crippen LogP contribution is -2.27. The molecule has 0 spiro atoms. The Labute approximate surface area is 147 Å². The molecular formula is C16H19Br2NOS. The van der Waals surface area contributed by atoms with Gasteiger partial charge in [0.15, 0.2) is 0 Å².